The van der Waals surface area contributed by atoms with Gasteiger partial charge in [-0.2, -0.15) is 0 Å². The Labute approximate surface area is 290 Å². The van der Waals surface area contributed by atoms with Crippen molar-refractivity contribution in [3.05, 3.63) is 11.5 Å². The molecule has 0 spiro atoms. The zero-order valence-corrected chi connectivity index (χ0v) is 30.1. The topological polar surface area (TPSA) is 81.7 Å². The van der Waals surface area contributed by atoms with Gasteiger partial charge in [-0.25, -0.2) is 0 Å². The average molecular weight is 722 g/mol. The van der Waals surface area contributed by atoms with Gasteiger partial charge >= 0.3 is 39.9 Å². The Morgan fingerprint density at radius 2 is 0.463 bits per heavy atom. The minimum absolute atomic E-state index is 0. The molecule has 2 amide bonds. The molecular formula is C36H72GdN2O2. The van der Waals surface area contributed by atoms with Crippen LogP contribution in [0.25, 0.3) is 11.5 Å². The summed E-state index contributed by atoms with van der Waals surface area (Å²) in [5, 5.41) is 0. The van der Waals surface area contributed by atoms with Gasteiger partial charge < -0.3 is 21.1 Å². The zero-order valence-electron chi connectivity index (χ0n) is 27.8. The number of nitrogens with one attached hydrogen (secondary N) is 2. The van der Waals surface area contributed by atoms with E-state index in [-0.39, 0.29) is 39.9 Å². The number of carbonyl (C=O) groups excluding carboxylic acids is 2. The molecule has 0 fully saturated rings. The van der Waals surface area contributed by atoms with E-state index in [4.69, 9.17) is 11.5 Å². The van der Waals surface area contributed by atoms with Gasteiger partial charge in [-0.3, -0.25) is 0 Å². The summed E-state index contributed by atoms with van der Waals surface area (Å²) in [7, 11) is 0. The summed E-state index contributed by atoms with van der Waals surface area (Å²) < 4.78 is 0. The van der Waals surface area contributed by atoms with E-state index in [9.17, 15) is 9.59 Å². The van der Waals surface area contributed by atoms with E-state index >= 15 is 0 Å². The summed E-state index contributed by atoms with van der Waals surface area (Å²) in [6.45, 7) is 4.55. The fourth-order valence-corrected chi connectivity index (χ4v) is 5.31. The quantitative estimate of drug-likeness (QED) is 0.0648. The van der Waals surface area contributed by atoms with Crippen LogP contribution in [0.2, 0.25) is 0 Å². The predicted octanol–water partition coefficient (Wildman–Crippen LogP) is 13.7. The summed E-state index contributed by atoms with van der Waals surface area (Å²) in [4.78, 5) is 20.9. The summed E-state index contributed by atoms with van der Waals surface area (Å²) in [6, 6.07) is 0. The van der Waals surface area contributed by atoms with Gasteiger partial charge in [0.1, 0.15) is 0 Å². The minimum Gasteiger partial charge on any atom is -0.668 e. The molecule has 0 aliphatic rings. The third kappa shape index (κ3) is 50.2. The van der Waals surface area contributed by atoms with E-state index < -0.39 is 11.8 Å². The Morgan fingerprint density at radius 3 is 0.610 bits per heavy atom. The number of hydrogen-bond donors (Lipinski definition) is 0. The van der Waals surface area contributed by atoms with Crippen LogP contribution in [-0.4, -0.2) is 11.8 Å². The molecule has 0 aliphatic carbocycles. The molecule has 0 bridgehead atoms. The van der Waals surface area contributed by atoms with Crippen molar-refractivity contribution in [2.24, 2.45) is 0 Å². The van der Waals surface area contributed by atoms with Crippen LogP contribution in [0.4, 0.5) is 0 Å². The molecular weight excluding hydrogens is 650 g/mol. The number of carbonyl (C=O) groups is 2. The monoisotopic (exact) mass is 722 g/mol. The Bertz CT molecular complexity index is 458. The van der Waals surface area contributed by atoms with E-state index in [2.05, 4.69) is 13.8 Å². The predicted molar refractivity (Wildman–Crippen MR) is 178 cm³/mol. The number of rotatable bonds is 32. The van der Waals surface area contributed by atoms with Crippen LogP contribution in [0.3, 0.4) is 0 Å². The van der Waals surface area contributed by atoms with Crippen LogP contribution >= 0.6 is 0 Å². The van der Waals surface area contributed by atoms with Crippen molar-refractivity contribution in [1.29, 1.82) is 0 Å². The first-order chi connectivity index (χ1) is 19.5. The first-order valence-electron chi connectivity index (χ1n) is 18.0. The average Bonchev–Trinajstić information content (AvgIpc) is 2.93. The second-order valence-electron chi connectivity index (χ2n) is 12.2. The van der Waals surface area contributed by atoms with Crippen molar-refractivity contribution < 1.29 is 49.5 Å². The van der Waals surface area contributed by atoms with Crippen LogP contribution < -0.4 is 0 Å². The molecule has 2 N–H and O–H groups in total. The van der Waals surface area contributed by atoms with Gasteiger partial charge in [0.25, 0.3) is 0 Å². The van der Waals surface area contributed by atoms with Gasteiger partial charge in [0.05, 0.1) is 0 Å². The number of unbranched alkanes of at least 4 members (excludes halogenated alkanes) is 28. The summed E-state index contributed by atoms with van der Waals surface area (Å²) in [5.41, 5.74) is 13.6. The number of amides is 2. The Hall–Kier alpha value is 0.265. The van der Waals surface area contributed by atoms with Gasteiger partial charge in [0, 0.05) is 11.8 Å². The minimum atomic E-state index is -0.403. The molecule has 0 unspecified atom stereocenters. The van der Waals surface area contributed by atoms with Gasteiger partial charge in [0.15, 0.2) is 0 Å². The summed E-state index contributed by atoms with van der Waals surface area (Å²) in [5.74, 6) is -0.806. The molecule has 0 atom stereocenters. The maximum absolute atomic E-state index is 10.4. The van der Waals surface area contributed by atoms with Gasteiger partial charge in [0.2, 0.25) is 0 Å². The molecule has 0 radical (unpaired) electrons. The number of hydrogen-bond acceptors (Lipinski definition) is 2. The smallest absolute Gasteiger partial charge is 0.668 e. The Kier molecular flexibility index (Phi) is 47.2. The van der Waals surface area contributed by atoms with Crippen LogP contribution in [-0.2, 0) is 9.59 Å². The van der Waals surface area contributed by atoms with Crippen molar-refractivity contribution >= 4 is 11.8 Å². The molecule has 41 heavy (non-hydrogen) atoms. The molecule has 0 saturated heterocycles. The van der Waals surface area contributed by atoms with E-state index in [1.54, 1.807) is 0 Å². The van der Waals surface area contributed by atoms with Crippen LogP contribution in [0.1, 0.15) is 219 Å². The van der Waals surface area contributed by atoms with E-state index in [0.29, 0.717) is 12.8 Å². The first kappa shape index (κ1) is 45.7. The van der Waals surface area contributed by atoms with Crippen molar-refractivity contribution in [3.8, 4) is 0 Å². The molecule has 0 aliphatic heterocycles. The van der Waals surface area contributed by atoms with Crippen LogP contribution in [0.15, 0.2) is 0 Å². The third-order valence-corrected chi connectivity index (χ3v) is 8.01. The van der Waals surface area contributed by atoms with Gasteiger partial charge in [-0.1, -0.05) is 194 Å². The molecule has 0 aromatic heterocycles. The van der Waals surface area contributed by atoms with Gasteiger partial charge in [-0.15, -0.1) is 0 Å². The molecule has 5 heteroatoms. The second kappa shape index (κ2) is 42.4. The van der Waals surface area contributed by atoms with Gasteiger partial charge in [-0.05, 0) is 25.7 Å². The maximum Gasteiger partial charge on any atom is 2.00 e. The van der Waals surface area contributed by atoms with Crippen molar-refractivity contribution in [3.63, 3.8) is 0 Å². The van der Waals surface area contributed by atoms with E-state index in [0.717, 1.165) is 25.7 Å². The molecule has 0 heterocycles. The normalized spacial score (nSPS) is 10.6. The van der Waals surface area contributed by atoms with E-state index in [1.807, 2.05) is 0 Å². The SMILES string of the molecule is CCCCCCCCCCCCCCCCCC([NH-])=O.CCCCCCCCCCCCCCCCCC([NH-])=O.[Gd+2]. The molecule has 0 aromatic rings. The van der Waals surface area contributed by atoms with Crippen molar-refractivity contribution in [1.82, 2.24) is 0 Å². The first-order valence-corrected chi connectivity index (χ1v) is 18.0. The van der Waals surface area contributed by atoms with Crippen molar-refractivity contribution in [2.75, 3.05) is 0 Å². The molecule has 0 rings (SSSR count). The Balaban J connectivity index is -0.000000688. The summed E-state index contributed by atoms with van der Waals surface area (Å²) >= 11 is 0. The molecule has 0 saturated carbocycles. The molecule has 246 valence electrons. The largest absolute Gasteiger partial charge is 2.00 e. The molecule has 0 aromatic carbocycles. The van der Waals surface area contributed by atoms with Crippen LogP contribution in [0.5, 0.6) is 0 Å². The fraction of sp³-hybridized carbons (Fsp3) is 0.944. The summed E-state index contributed by atoms with van der Waals surface area (Å²) in [6.07, 6.45) is 41.1. The van der Waals surface area contributed by atoms with Crippen molar-refractivity contribution in [2.45, 2.75) is 219 Å². The second-order valence-corrected chi connectivity index (χ2v) is 12.2. The van der Waals surface area contributed by atoms with E-state index in [1.165, 1.54) is 167 Å². The Morgan fingerprint density at radius 1 is 0.317 bits per heavy atom. The van der Waals surface area contributed by atoms with Crippen LogP contribution in [0, 0.1) is 39.9 Å². The fourth-order valence-electron chi connectivity index (χ4n) is 5.31. The molecule has 4 nitrogen and oxygen atoms in total. The zero-order chi connectivity index (χ0) is 29.8. The third-order valence-electron chi connectivity index (χ3n) is 8.01. The standard InChI is InChI=1S/2C18H37NO.Gd/c2*1-2-3-4-5-6-7-8-9-10-11-12-13-14-15-16-17-18(19)20;/h2*2-17H2,1H3,(H2,19,20);/q;;+2/p-2. The maximum atomic E-state index is 10.4.